The number of carbonyl (C=O) groups is 1. The van der Waals surface area contributed by atoms with Crippen LogP contribution in [0, 0.1) is 5.92 Å². The average molecular weight is 342 g/mol. The Kier molecular flexibility index (Phi) is 5.68. The van der Waals surface area contributed by atoms with Crippen molar-refractivity contribution in [3.63, 3.8) is 0 Å². The minimum atomic E-state index is 0.261. The molecule has 6 nitrogen and oxygen atoms in total. The highest BCUT2D eigenvalue weighted by molar-refractivity contribution is 5.76. The maximum Gasteiger partial charge on any atom is 0.315 e. The van der Waals surface area contributed by atoms with Crippen LogP contribution >= 0.6 is 0 Å². The highest BCUT2D eigenvalue weighted by Crippen LogP contribution is 2.18. The zero-order chi connectivity index (χ0) is 17.6. The molecule has 0 spiro atoms. The molecule has 3 rings (SSSR count). The van der Waals surface area contributed by atoms with Crippen LogP contribution < -0.4 is 5.32 Å². The van der Waals surface area contributed by atoms with Crippen LogP contribution in [0.1, 0.15) is 44.6 Å². The number of hydrogen-bond donors (Lipinski definition) is 1. The van der Waals surface area contributed by atoms with Crippen LogP contribution in [0.5, 0.6) is 0 Å². The second kappa shape index (κ2) is 8.14. The topological polar surface area (TPSA) is 71.3 Å². The van der Waals surface area contributed by atoms with E-state index in [0.717, 1.165) is 31.5 Å². The van der Waals surface area contributed by atoms with Crippen molar-refractivity contribution in [3.8, 4) is 0 Å². The number of hydrogen-bond acceptors (Lipinski definition) is 5. The summed E-state index contributed by atoms with van der Waals surface area (Å²) in [6.45, 7) is 5.73. The van der Waals surface area contributed by atoms with Crippen LogP contribution in [-0.2, 0) is 11.2 Å². The first-order valence-corrected chi connectivity index (χ1v) is 9.01. The largest absolute Gasteiger partial charge is 0.408 e. The lowest BCUT2D eigenvalue weighted by Crippen LogP contribution is -2.42. The van der Waals surface area contributed by atoms with E-state index in [1.807, 2.05) is 35.2 Å². The smallest absolute Gasteiger partial charge is 0.315 e. The van der Waals surface area contributed by atoms with Crippen molar-refractivity contribution >= 4 is 11.9 Å². The van der Waals surface area contributed by atoms with Gasteiger partial charge in [-0.05, 0) is 24.3 Å². The first kappa shape index (κ1) is 17.5. The maximum atomic E-state index is 12.1. The first-order valence-electron chi connectivity index (χ1n) is 9.01. The van der Waals surface area contributed by atoms with Crippen LogP contribution in [0.25, 0.3) is 0 Å². The molecule has 0 atom stereocenters. The number of piperidine rings is 1. The third kappa shape index (κ3) is 5.05. The summed E-state index contributed by atoms with van der Waals surface area (Å²) in [7, 11) is 0. The molecule has 0 radical (unpaired) electrons. The average Bonchev–Trinajstić information content (AvgIpc) is 3.02. The fraction of sp³-hybridized carbons (Fsp3) is 0.526. The Labute approximate surface area is 148 Å². The van der Waals surface area contributed by atoms with Crippen LogP contribution in [-0.4, -0.2) is 40.1 Å². The molecule has 0 aliphatic carbocycles. The van der Waals surface area contributed by atoms with Gasteiger partial charge >= 0.3 is 6.01 Å². The van der Waals surface area contributed by atoms with Gasteiger partial charge in [0.05, 0.1) is 6.42 Å². The molecule has 1 fully saturated rings. The number of nitrogens with one attached hydrogen (secondary N) is 1. The van der Waals surface area contributed by atoms with Crippen LogP contribution in [0.3, 0.4) is 0 Å². The number of aromatic nitrogens is 2. The van der Waals surface area contributed by atoms with Gasteiger partial charge in [-0.1, -0.05) is 49.3 Å². The second-order valence-corrected chi connectivity index (χ2v) is 7.06. The van der Waals surface area contributed by atoms with Gasteiger partial charge in [-0.3, -0.25) is 4.79 Å². The van der Waals surface area contributed by atoms with Gasteiger partial charge in [0.15, 0.2) is 0 Å². The van der Waals surface area contributed by atoms with E-state index in [9.17, 15) is 4.79 Å². The van der Waals surface area contributed by atoms with Crippen molar-refractivity contribution in [1.82, 2.24) is 15.1 Å². The van der Waals surface area contributed by atoms with Gasteiger partial charge in [0.25, 0.3) is 0 Å². The quantitative estimate of drug-likeness (QED) is 0.873. The molecule has 1 aromatic carbocycles. The number of amides is 1. The summed E-state index contributed by atoms with van der Waals surface area (Å²) in [5.41, 5.74) is 1.15. The fourth-order valence-corrected chi connectivity index (χ4v) is 3.08. The molecule has 1 saturated heterocycles. The van der Waals surface area contributed by atoms with Gasteiger partial charge < -0.3 is 14.6 Å². The molecule has 1 N–H and O–H groups in total. The minimum absolute atomic E-state index is 0.261. The standard InChI is InChI=1S/C19H26N4O2/c1-14(2)12-18(24)23-10-8-16(9-11-23)20-19-22-21-17(25-19)13-15-6-4-3-5-7-15/h3-7,14,16H,8-13H2,1-2H3,(H,20,22). The third-order valence-electron chi connectivity index (χ3n) is 4.42. The zero-order valence-corrected chi connectivity index (χ0v) is 14.9. The monoisotopic (exact) mass is 342 g/mol. The SMILES string of the molecule is CC(C)CC(=O)N1CCC(Nc2nnc(Cc3ccccc3)o2)CC1. The number of nitrogens with zero attached hydrogens (tertiary/aromatic N) is 3. The predicted octanol–water partition coefficient (Wildman–Crippen LogP) is 3.11. The van der Waals surface area contributed by atoms with E-state index in [-0.39, 0.29) is 11.9 Å². The van der Waals surface area contributed by atoms with Crippen molar-refractivity contribution in [2.24, 2.45) is 5.92 Å². The molecule has 134 valence electrons. The Morgan fingerprint density at radius 3 is 2.64 bits per heavy atom. The molecular formula is C19H26N4O2. The van der Waals surface area contributed by atoms with Gasteiger partial charge in [-0.2, -0.15) is 0 Å². The molecule has 1 aliphatic heterocycles. The summed E-state index contributed by atoms with van der Waals surface area (Å²) in [5.74, 6) is 1.28. The number of benzene rings is 1. The van der Waals surface area contributed by atoms with Crippen molar-refractivity contribution in [3.05, 3.63) is 41.8 Å². The van der Waals surface area contributed by atoms with Crippen molar-refractivity contribution < 1.29 is 9.21 Å². The van der Waals surface area contributed by atoms with Crippen molar-refractivity contribution in [2.45, 2.75) is 45.6 Å². The number of anilines is 1. The van der Waals surface area contributed by atoms with E-state index >= 15 is 0 Å². The molecular weight excluding hydrogens is 316 g/mol. The minimum Gasteiger partial charge on any atom is -0.408 e. The lowest BCUT2D eigenvalue weighted by atomic mass is 10.0. The molecule has 2 heterocycles. The molecule has 1 aliphatic rings. The maximum absolute atomic E-state index is 12.1. The molecule has 1 amide bonds. The van der Waals surface area contributed by atoms with Gasteiger partial charge in [0, 0.05) is 25.6 Å². The van der Waals surface area contributed by atoms with Gasteiger partial charge in [-0.25, -0.2) is 0 Å². The van der Waals surface area contributed by atoms with Crippen LogP contribution in [0.15, 0.2) is 34.7 Å². The van der Waals surface area contributed by atoms with E-state index in [0.29, 0.717) is 30.7 Å². The number of likely N-dealkylation sites (tertiary alicyclic amines) is 1. The van der Waals surface area contributed by atoms with Crippen LogP contribution in [0.2, 0.25) is 0 Å². The number of carbonyl (C=O) groups excluding carboxylic acids is 1. The van der Waals surface area contributed by atoms with Gasteiger partial charge in [-0.15, -0.1) is 5.10 Å². The molecule has 2 aromatic rings. The van der Waals surface area contributed by atoms with Crippen molar-refractivity contribution in [2.75, 3.05) is 18.4 Å². The lowest BCUT2D eigenvalue weighted by molar-refractivity contribution is -0.132. The highest BCUT2D eigenvalue weighted by atomic mass is 16.4. The predicted molar refractivity (Wildman–Crippen MR) is 96.2 cm³/mol. The summed E-state index contributed by atoms with van der Waals surface area (Å²) in [6.07, 6.45) is 3.07. The molecule has 1 aromatic heterocycles. The van der Waals surface area contributed by atoms with E-state index in [1.165, 1.54) is 0 Å². The summed E-state index contributed by atoms with van der Waals surface area (Å²) in [5, 5.41) is 11.5. The highest BCUT2D eigenvalue weighted by Gasteiger charge is 2.24. The summed E-state index contributed by atoms with van der Waals surface area (Å²) < 4.78 is 5.70. The Bertz CT molecular complexity index is 676. The lowest BCUT2D eigenvalue weighted by Gasteiger charge is -2.32. The second-order valence-electron chi connectivity index (χ2n) is 7.06. The van der Waals surface area contributed by atoms with E-state index in [2.05, 4.69) is 29.4 Å². The van der Waals surface area contributed by atoms with Crippen molar-refractivity contribution in [1.29, 1.82) is 0 Å². The Hall–Kier alpha value is -2.37. The molecule has 6 heteroatoms. The third-order valence-corrected chi connectivity index (χ3v) is 4.42. The normalized spacial score (nSPS) is 15.6. The van der Waals surface area contributed by atoms with Crippen LogP contribution in [0.4, 0.5) is 6.01 Å². The summed E-state index contributed by atoms with van der Waals surface area (Å²) in [6, 6.07) is 10.8. The van der Waals surface area contributed by atoms with Gasteiger partial charge in [0.1, 0.15) is 0 Å². The Morgan fingerprint density at radius 1 is 1.24 bits per heavy atom. The van der Waals surface area contributed by atoms with Gasteiger partial charge in [0.2, 0.25) is 11.8 Å². The molecule has 0 saturated carbocycles. The van der Waals surface area contributed by atoms with E-state index in [4.69, 9.17) is 4.42 Å². The summed E-state index contributed by atoms with van der Waals surface area (Å²) in [4.78, 5) is 14.1. The Balaban J connectivity index is 1.47. The number of rotatable bonds is 6. The molecule has 0 bridgehead atoms. The Morgan fingerprint density at radius 2 is 1.96 bits per heavy atom. The fourth-order valence-electron chi connectivity index (χ4n) is 3.08. The molecule has 0 unspecified atom stereocenters. The molecule has 25 heavy (non-hydrogen) atoms. The van der Waals surface area contributed by atoms with E-state index in [1.54, 1.807) is 0 Å². The zero-order valence-electron chi connectivity index (χ0n) is 14.9. The first-order chi connectivity index (χ1) is 12.1. The summed E-state index contributed by atoms with van der Waals surface area (Å²) >= 11 is 0. The van der Waals surface area contributed by atoms with E-state index < -0.39 is 0 Å².